The monoisotopic (exact) mass is 188 g/mol. The number of imidazole rings is 1. The van der Waals surface area contributed by atoms with Crippen LogP contribution in [0.2, 0.25) is 0 Å². The average Bonchev–Trinajstić information content (AvgIpc) is 2.69. The fourth-order valence-corrected chi connectivity index (χ4v) is 1.24. The summed E-state index contributed by atoms with van der Waals surface area (Å²) in [5.41, 5.74) is 1.43. The smallest absolute Gasteiger partial charge is 0.137 e. The summed E-state index contributed by atoms with van der Waals surface area (Å²) in [7, 11) is 0. The third kappa shape index (κ3) is 1.57. The Labute approximate surface area is 81.1 Å². The van der Waals surface area contributed by atoms with E-state index in [4.69, 9.17) is 0 Å². The van der Waals surface area contributed by atoms with E-state index in [1.807, 2.05) is 0 Å². The van der Waals surface area contributed by atoms with Crippen LogP contribution < -0.4 is 0 Å². The molecule has 0 spiro atoms. The zero-order valence-corrected chi connectivity index (χ0v) is 7.50. The van der Waals surface area contributed by atoms with Crippen molar-refractivity contribution >= 4 is 5.57 Å². The van der Waals surface area contributed by atoms with Crippen molar-refractivity contribution in [1.29, 1.82) is 0 Å². The van der Waals surface area contributed by atoms with Crippen LogP contribution in [0, 0.1) is 5.82 Å². The Bertz CT molecular complexity index is 446. The van der Waals surface area contributed by atoms with E-state index in [1.165, 1.54) is 12.1 Å². The number of benzene rings is 1. The summed E-state index contributed by atoms with van der Waals surface area (Å²) in [6.07, 6.45) is 3.35. The maximum Gasteiger partial charge on any atom is 0.137 e. The minimum Gasteiger partial charge on any atom is -0.345 e. The first-order valence-corrected chi connectivity index (χ1v) is 4.22. The average molecular weight is 188 g/mol. The Morgan fingerprint density at radius 1 is 1.43 bits per heavy atom. The minimum atomic E-state index is -0.268. The highest BCUT2D eigenvalue weighted by atomic mass is 19.1. The van der Waals surface area contributed by atoms with E-state index in [0.717, 1.165) is 5.56 Å². The van der Waals surface area contributed by atoms with Crippen molar-refractivity contribution in [3.63, 3.8) is 0 Å². The fraction of sp³-hybridized carbons (Fsp3) is 0. The Morgan fingerprint density at radius 3 is 2.93 bits per heavy atom. The third-order valence-electron chi connectivity index (χ3n) is 1.96. The van der Waals surface area contributed by atoms with E-state index in [0.29, 0.717) is 11.4 Å². The Morgan fingerprint density at radius 2 is 2.29 bits per heavy atom. The van der Waals surface area contributed by atoms with Crippen LogP contribution in [0.15, 0.2) is 43.2 Å². The summed E-state index contributed by atoms with van der Waals surface area (Å²) < 4.78 is 12.9. The molecule has 0 saturated carbocycles. The molecule has 0 saturated heterocycles. The summed E-state index contributed by atoms with van der Waals surface area (Å²) in [6, 6.07) is 6.29. The van der Waals surface area contributed by atoms with E-state index in [-0.39, 0.29) is 5.82 Å². The summed E-state index contributed by atoms with van der Waals surface area (Å²) in [5.74, 6) is 0.394. The lowest BCUT2D eigenvalue weighted by Gasteiger charge is -2.01. The molecule has 0 amide bonds. The lowest BCUT2D eigenvalue weighted by atomic mass is 10.1. The van der Waals surface area contributed by atoms with Gasteiger partial charge in [0.15, 0.2) is 0 Å². The van der Waals surface area contributed by atoms with Crippen molar-refractivity contribution in [3.8, 4) is 0 Å². The molecule has 1 N–H and O–H groups in total. The van der Waals surface area contributed by atoms with Crippen molar-refractivity contribution in [2.75, 3.05) is 0 Å². The molecule has 0 aliphatic heterocycles. The number of hydrogen-bond donors (Lipinski definition) is 1. The van der Waals surface area contributed by atoms with Crippen molar-refractivity contribution in [3.05, 3.63) is 60.4 Å². The highest BCUT2D eigenvalue weighted by molar-refractivity contribution is 5.74. The largest absolute Gasteiger partial charge is 0.345 e. The zero-order valence-electron chi connectivity index (χ0n) is 7.50. The van der Waals surface area contributed by atoms with Gasteiger partial charge in [0.1, 0.15) is 11.6 Å². The summed E-state index contributed by atoms with van der Waals surface area (Å²) in [6.45, 7) is 3.85. The van der Waals surface area contributed by atoms with Crippen molar-refractivity contribution < 1.29 is 4.39 Å². The van der Waals surface area contributed by atoms with Gasteiger partial charge < -0.3 is 4.98 Å². The van der Waals surface area contributed by atoms with Crippen LogP contribution in [0.1, 0.15) is 11.4 Å². The van der Waals surface area contributed by atoms with E-state index in [9.17, 15) is 4.39 Å². The van der Waals surface area contributed by atoms with Crippen LogP contribution in [0.4, 0.5) is 4.39 Å². The summed E-state index contributed by atoms with van der Waals surface area (Å²) in [5, 5.41) is 0. The van der Waals surface area contributed by atoms with E-state index in [1.54, 1.807) is 24.5 Å². The standard InChI is InChI=1S/C11H9FN2/c1-8(11-13-5-6-14-11)9-3-2-4-10(12)7-9/h2-7H,1H2,(H,13,14). The van der Waals surface area contributed by atoms with E-state index >= 15 is 0 Å². The number of aromatic nitrogens is 2. The molecule has 1 heterocycles. The van der Waals surface area contributed by atoms with Crippen LogP contribution in [0.3, 0.4) is 0 Å². The minimum absolute atomic E-state index is 0.268. The molecular weight excluding hydrogens is 179 g/mol. The molecule has 1 aromatic carbocycles. The lowest BCUT2D eigenvalue weighted by Crippen LogP contribution is -1.89. The second-order valence-electron chi connectivity index (χ2n) is 2.93. The molecule has 2 aromatic rings. The van der Waals surface area contributed by atoms with Gasteiger partial charge in [-0.2, -0.15) is 0 Å². The van der Waals surface area contributed by atoms with Gasteiger partial charge in [0.25, 0.3) is 0 Å². The van der Waals surface area contributed by atoms with E-state index in [2.05, 4.69) is 16.5 Å². The molecule has 2 nitrogen and oxygen atoms in total. The topological polar surface area (TPSA) is 28.7 Å². The van der Waals surface area contributed by atoms with Gasteiger partial charge >= 0.3 is 0 Å². The normalized spacial score (nSPS) is 10.1. The molecule has 0 aliphatic rings. The van der Waals surface area contributed by atoms with Gasteiger partial charge in [0, 0.05) is 18.0 Å². The molecule has 0 fully saturated rings. The van der Waals surface area contributed by atoms with Crippen LogP contribution in [0.5, 0.6) is 0 Å². The summed E-state index contributed by atoms with van der Waals surface area (Å²) in [4.78, 5) is 6.97. The molecule has 0 bridgehead atoms. The Hall–Kier alpha value is -1.90. The number of rotatable bonds is 2. The maximum absolute atomic E-state index is 12.9. The molecule has 3 heteroatoms. The molecule has 0 aliphatic carbocycles. The predicted octanol–water partition coefficient (Wildman–Crippen LogP) is 2.61. The molecule has 14 heavy (non-hydrogen) atoms. The Kier molecular flexibility index (Phi) is 2.14. The number of nitrogens with one attached hydrogen (secondary N) is 1. The van der Waals surface area contributed by atoms with Gasteiger partial charge in [-0.3, -0.25) is 0 Å². The van der Waals surface area contributed by atoms with Gasteiger partial charge in [-0.25, -0.2) is 9.37 Å². The summed E-state index contributed by atoms with van der Waals surface area (Å²) >= 11 is 0. The zero-order chi connectivity index (χ0) is 9.97. The Balaban J connectivity index is 2.37. The van der Waals surface area contributed by atoms with Crippen LogP contribution in [-0.4, -0.2) is 9.97 Å². The second kappa shape index (κ2) is 3.46. The van der Waals surface area contributed by atoms with Crippen molar-refractivity contribution in [2.45, 2.75) is 0 Å². The number of halogens is 1. The molecular formula is C11H9FN2. The maximum atomic E-state index is 12.9. The van der Waals surface area contributed by atoms with Crippen LogP contribution >= 0.6 is 0 Å². The van der Waals surface area contributed by atoms with Crippen molar-refractivity contribution in [2.24, 2.45) is 0 Å². The highest BCUT2D eigenvalue weighted by Crippen LogP contribution is 2.18. The number of nitrogens with zero attached hydrogens (tertiary/aromatic N) is 1. The molecule has 0 unspecified atom stereocenters. The molecule has 0 radical (unpaired) electrons. The highest BCUT2D eigenvalue weighted by Gasteiger charge is 2.04. The second-order valence-corrected chi connectivity index (χ2v) is 2.93. The first kappa shape index (κ1) is 8.69. The molecule has 1 aromatic heterocycles. The number of aromatic amines is 1. The number of hydrogen-bond acceptors (Lipinski definition) is 1. The SMILES string of the molecule is C=C(c1cccc(F)c1)c1ncc[nH]1. The lowest BCUT2D eigenvalue weighted by molar-refractivity contribution is 0.627. The number of H-pyrrole nitrogens is 1. The van der Waals surface area contributed by atoms with Crippen molar-refractivity contribution in [1.82, 2.24) is 9.97 Å². The van der Waals surface area contributed by atoms with Crippen LogP contribution in [-0.2, 0) is 0 Å². The third-order valence-corrected chi connectivity index (χ3v) is 1.96. The first-order valence-electron chi connectivity index (χ1n) is 4.22. The molecule has 0 atom stereocenters. The van der Waals surface area contributed by atoms with Gasteiger partial charge in [-0.15, -0.1) is 0 Å². The first-order chi connectivity index (χ1) is 6.77. The van der Waals surface area contributed by atoms with Gasteiger partial charge in [-0.05, 0) is 17.7 Å². The molecule has 70 valence electrons. The van der Waals surface area contributed by atoms with E-state index < -0.39 is 0 Å². The quantitative estimate of drug-likeness (QED) is 0.771. The van der Waals surface area contributed by atoms with Gasteiger partial charge in [0.05, 0.1) is 0 Å². The van der Waals surface area contributed by atoms with Gasteiger partial charge in [0.2, 0.25) is 0 Å². The van der Waals surface area contributed by atoms with Crippen LogP contribution in [0.25, 0.3) is 5.57 Å². The van der Waals surface area contributed by atoms with Gasteiger partial charge in [-0.1, -0.05) is 18.7 Å². The predicted molar refractivity (Wildman–Crippen MR) is 53.1 cm³/mol. The molecule has 2 rings (SSSR count). The fourth-order valence-electron chi connectivity index (χ4n) is 1.24.